The molecule has 4 nitrogen and oxygen atoms in total. The van der Waals surface area contributed by atoms with Crippen LogP contribution in [0.1, 0.15) is 47.0 Å². The van der Waals surface area contributed by atoms with Crippen molar-refractivity contribution in [1.82, 2.24) is 4.90 Å². The lowest BCUT2D eigenvalue weighted by molar-refractivity contribution is -0.0780. The van der Waals surface area contributed by atoms with E-state index in [1.807, 2.05) is 0 Å². The fourth-order valence-corrected chi connectivity index (χ4v) is 3.17. The molecule has 0 saturated carbocycles. The fraction of sp³-hybridized carbons (Fsp3) is 1.00. The minimum absolute atomic E-state index is 0.0717. The summed E-state index contributed by atoms with van der Waals surface area (Å²) >= 11 is 0. The molecule has 1 rings (SSSR count). The van der Waals surface area contributed by atoms with Crippen molar-refractivity contribution in [2.45, 2.75) is 64.2 Å². The van der Waals surface area contributed by atoms with Crippen LogP contribution >= 0.6 is 0 Å². The quantitative estimate of drug-likeness (QED) is 0.691. The molecule has 0 aromatic rings. The third kappa shape index (κ3) is 4.42. The third-order valence-corrected chi connectivity index (χ3v) is 4.36. The molecule has 0 aromatic carbocycles. The Morgan fingerprint density at radius 2 is 1.74 bits per heavy atom. The second-order valence-corrected chi connectivity index (χ2v) is 6.99. The van der Waals surface area contributed by atoms with Crippen LogP contribution in [0.25, 0.3) is 0 Å². The summed E-state index contributed by atoms with van der Waals surface area (Å²) in [6, 6.07) is 0.0717. The van der Waals surface area contributed by atoms with Gasteiger partial charge in [-0.05, 0) is 60.5 Å². The summed E-state index contributed by atoms with van der Waals surface area (Å²) in [7, 11) is 2.15. The Balaban J connectivity index is 2.46. The molecule has 2 unspecified atom stereocenters. The van der Waals surface area contributed by atoms with E-state index in [4.69, 9.17) is 15.6 Å². The zero-order chi connectivity index (χ0) is 14.7. The minimum Gasteiger partial charge on any atom is -0.396 e. The van der Waals surface area contributed by atoms with Crippen LogP contribution in [-0.2, 0) is 4.74 Å². The molecule has 1 heterocycles. The van der Waals surface area contributed by atoms with E-state index < -0.39 is 0 Å². The van der Waals surface area contributed by atoms with Crippen molar-refractivity contribution < 1.29 is 9.84 Å². The van der Waals surface area contributed by atoms with E-state index in [1.165, 1.54) is 0 Å². The first-order chi connectivity index (χ1) is 8.70. The van der Waals surface area contributed by atoms with E-state index in [2.05, 4.69) is 39.6 Å². The number of aliphatic hydroxyl groups excluding tert-OH is 1. The lowest BCUT2D eigenvalue weighted by Crippen LogP contribution is -2.47. The molecule has 0 amide bonds. The molecule has 0 bridgehead atoms. The predicted octanol–water partition coefficient (Wildman–Crippen LogP) is 1.61. The zero-order valence-electron chi connectivity index (χ0n) is 13.3. The standard InChI is InChI=1S/C15H32N2O2/c1-14(2)12(13(16)15(3,4)19-14)11-17(5)9-7-6-8-10-18/h12-13,18H,6-11,16H2,1-5H3. The predicted molar refractivity (Wildman–Crippen MR) is 79.1 cm³/mol. The molecule has 3 N–H and O–H groups in total. The molecular formula is C15H32N2O2. The van der Waals surface area contributed by atoms with Crippen molar-refractivity contribution in [2.75, 3.05) is 26.7 Å². The Morgan fingerprint density at radius 1 is 1.11 bits per heavy atom. The van der Waals surface area contributed by atoms with E-state index in [0.29, 0.717) is 12.5 Å². The SMILES string of the molecule is CN(CCCCCO)CC1C(N)C(C)(C)OC1(C)C. The van der Waals surface area contributed by atoms with Crippen LogP contribution in [0.5, 0.6) is 0 Å². The summed E-state index contributed by atoms with van der Waals surface area (Å²) in [6.45, 7) is 10.8. The van der Waals surface area contributed by atoms with Gasteiger partial charge in [-0.3, -0.25) is 0 Å². The highest BCUT2D eigenvalue weighted by molar-refractivity contribution is 5.04. The van der Waals surface area contributed by atoms with Crippen LogP contribution in [0.4, 0.5) is 0 Å². The molecular weight excluding hydrogens is 240 g/mol. The second kappa shape index (κ2) is 6.53. The first-order valence-corrected chi connectivity index (χ1v) is 7.46. The van der Waals surface area contributed by atoms with Gasteiger partial charge >= 0.3 is 0 Å². The Labute approximate surface area is 118 Å². The molecule has 1 saturated heterocycles. The Morgan fingerprint density at radius 3 is 2.21 bits per heavy atom. The highest BCUT2D eigenvalue weighted by atomic mass is 16.5. The minimum atomic E-state index is -0.244. The van der Waals surface area contributed by atoms with Crippen molar-refractivity contribution in [1.29, 1.82) is 0 Å². The maximum atomic E-state index is 8.78. The average Bonchev–Trinajstić information content (AvgIpc) is 2.43. The summed E-state index contributed by atoms with van der Waals surface area (Å²) in [5.41, 5.74) is 5.96. The number of ether oxygens (including phenoxy) is 1. The Kier molecular flexibility index (Phi) is 5.80. The summed E-state index contributed by atoms with van der Waals surface area (Å²) in [6.07, 6.45) is 3.12. The van der Waals surface area contributed by atoms with Crippen molar-refractivity contribution in [3.05, 3.63) is 0 Å². The number of rotatable bonds is 7. The van der Waals surface area contributed by atoms with Crippen molar-refractivity contribution in [3.63, 3.8) is 0 Å². The van der Waals surface area contributed by atoms with E-state index in [1.54, 1.807) is 0 Å². The number of hydrogen-bond donors (Lipinski definition) is 2. The molecule has 1 aliphatic heterocycles. The summed E-state index contributed by atoms with van der Waals surface area (Å²) in [5, 5.41) is 8.78. The van der Waals surface area contributed by atoms with Crippen LogP contribution in [0.3, 0.4) is 0 Å². The second-order valence-electron chi connectivity index (χ2n) is 6.99. The largest absolute Gasteiger partial charge is 0.396 e. The van der Waals surface area contributed by atoms with Gasteiger partial charge in [0.05, 0.1) is 11.2 Å². The van der Waals surface area contributed by atoms with Gasteiger partial charge in [0.25, 0.3) is 0 Å². The Hall–Kier alpha value is -0.160. The molecule has 4 heteroatoms. The number of hydrogen-bond acceptors (Lipinski definition) is 4. The van der Waals surface area contributed by atoms with Crippen molar-refractivity contribution >= 4 is 0 Å². The van der Waals surface area contributed by atoms with E-state index in [0.717, 1.165) is 32.4 Å². The van der Waals surface area contributed by atoms with Gasteiger partial charge in [0.15, 0.2) is 0 Å². The van der Waals surface area contributed by atoms with E-state index >= 15 is 0 Å². The summed E-state index contributed by atoms with van der Waals surface area (Å²) < 4.78 is 6.12. The van der Waals surface area contributed by atoms with Gasteiger partial charge in [0.1, 0.15) is 0 Å². The summed E-state index contributed by atoms with van der Waals surface area (Å²) in [4.78, 5) is 2.34. The molecule has 1 aliphatic rings. The maximum absolute atomic E-state index is 8.78. The average molecular weight is 272 g/mol. The van der Waals surface area contributed by atoms with E-state index in [9.17, 15) is 0 Å². The smallest absolute Gasteiger partial charge is 0.0788 e. The van der Waals surface area contributed by atoms with Gasteiger partial charge in [-0.2, -0.15) is 0 Å². The number of aliphatic hydroxyl groups is 1. The lowest BCUT2D eigenvalue weighted by Gasteiger charge is -2.31. The van der Waals surface area contributed by atoms with Gasteiger partial charge in [0, 0.05) is 25.1 Å². The molecule has 0 aliphatic carbocycles. The van der Waals surface area contributed by atoms with Crippen molar-refractivity contribution in [3.8, 4) is 0 Å². The van der Waals surface area contributed by atoms with E-state index in [-0.39, 0.29) is 17.2 Å². The van der Waals surface area contributed by atoms with Gasteiger partial charge in [-0.1, -0.05) is 0 Å². The highest BCUT2D eigenvalue weighted by Crippen LogP contribution is 2.41. The fourth-order valence-electron chi connectivity index (χ4n) is 3.17. The topological polar surface area (TPSA) is 58.7 Å². The Bertz CT molecular complexity index is 279. The number of nitrogens with two attached hydrogens (primary N) is 1. The van der Waals surface area contributed by atoms with Crippen LogP contribution in [-0.4, -0.2) is 54.0 Å². The monoisotopic (exact) mass is 272 g/mol. The first-order valence-electron chi connectivity index (χ1n) is 7.46. The van der Waals surface area contributed by atoms with Crippen LogP contribution < -0.4 is 5.73 Å². The summed E-state index contributed by atoms with van der Waals surface area (Å²) in [5.74, 6) is 0.352. The maximum Gasteiger partial charge on any atom is 0.0788 e. The molecule has 114 valence electrons. The molecule has 1 fully saturated rings. The molecule has 0 spiro atoms. The normalized spacial score (nSPS) is 29.1. The molecule has 2 atom stereocenters. The lowest BCUT2D eigenvalue weighted by atomic mass is 9.83. The van der Waals surface area contributed by atoms with Crippen LogP contribution in [0.2, 0.25) is 0 Å². The van der Waals surface area contributed by atoms with Gasteiger partial charge < -0.3 is 20.5 Å². The van der Waals surface area contributed by atoms with Crippen LogP contribution in [0.15, 0.2) is 0 Å². The molecule has 0 radical (unpaired) electrons. The van der Waals surface area contributed by atoms with Gasteiger partial charge in [-0.15, -0.1) is 0 Å². The third-order valence-electron chi connectivity index (χ3n) is 4.36. The highest BCUT2D eigenvalue weighted by Gasteiger charge is 2.52. The molecule has 19 heavy (non-hydrogen) atoms. The van der Waals surface area contributed by atoms with Gasteiger partial charge in [-0.25, -0.2) is 0 Å². The first kappa shape index (κ1) is 16.9. The number of nitrogens with zero attached hydrogens (tertiary/aromatic N) is 1. The number of unbranched alkanes of at least 4 members (excludes halogenated alkanes) is 2. The van der Waals surface area contributed by atoms with Gasteiger partial charge in [0.2, 0.25) is 0 Å². The van der Waals surface area contributed by atoms with Crippen LogP contribution in [0, 0.1) is 5.92 Å². The molecule has 0 aromatic heterocycles. The zero-order valence-corrected chi connectivity index (χ0v) is 13.3. The van der Waals surface area contributed by atoms with Crippen molar-refractivity contribution in [2.24, 2.45) is 11.7 Å².